The largest absolute Gasteiger partial charge is 0.453 e. The lowest BCUT2D eigenvalue weighted by molar-refractivity contribution is -0.135. The summed E-state index contributed by atoms with van der Waals surface area (Å²) in [5.74, 6) is 0.458. The van der Waals surface area contributed by atoms with E-state index in [9.17, 15) is 14.4 Å². The van der Waals surface area contributed by atoms with Crippen molar-refractivity contribution in [2.45, 2.75) is 50.1 Å². The Balaban J connectivity index is 1.27. The van der Waals surface area contributed by atoms with Crippen molar-refractivity contribution in [2.75, 3.05) is 33.3 Å². The second kappa shape index (κ2) is 10.5. The summed E-state index contributed by atoms with van der Waals surface area (Å²) >= 11 is 0. The summed E-state index contributed by atoms with van der Waals surface area (Å²) in [6.45, 7) is 2.65. The molecule has 3 heterocycles. The number of likely N-dealkylation sites (tertiary alicyclic amines) is 2. The number of nitrogens with one attached hydrogen (secondary N) is 2. The van der Waals surface area contributed by atoms with Gasteiger partial charge in [-0.1, -0.05) is 30.3 Å². The van der Waals surface area contributed by atoms with Crippen LogP contribution in [0.15, 0.2) is 30.3 Å². The molecule has 1 aromatic carbocycles. The molecule has 0 saturated carbocycles. The Morgan fingerprint density at radius 1 is 1.06 bits per heavy atom. The molecule has 9 heteroatoms. The minimum Gasteiger partial charge on any atom is -0.453 e. The predicted molar refractivity (Wildman–Crippen MR) is 120 cm³/mol. The van der Waals surface area contributed by atoms with Crippen molar-refractivity contribution in [3.8, 4) is 0 Å². The summed E-state index contributed by atoms with van der Waals surface area (Å²) < 4.78 is 4.81. The number of hydrogen-bond acceptors (Lipinski definition) is 6. The lowest BCUT2D eigenvalue weighted by Gasteiger charge is -2.38. The van der Waals surface area contributed by atoms with Gasteiger partial charge in [-0.05, 0) is 62.0 Å². The molecule has 1 unspecified atom stereocenters. The number of benzene rings is 1. The average Bonchev–Trinajstić information content (AvgIpc) is 3.33. The zero-order valence-corrected chi connectivity index (χ0v) is 19.1. The number of carbonyl (C=O) groups excluding carboxylic acids is 3. The third kappa shape index (κ3) is 5.14. The first kappa shape index (κ1) is 23.5. The molecule has 3 aliphatic heterocycles. The van der Waals surface area contributed by atoms with Gasteiger partial charge in [-0.25, -0.2) is 10.3 Å². The van der Waals surface area contributed by atoms with E-state index in [1.165, 1.54) is 17.6 Å². The van der Waals surface area contributed by atoms with Crippen LogP contribution in [0.4, 0.5) is 4.79 Å². The molecular formula is C24H34N4O5. The standard InChI is InChI=1S/C24H34N4O5/c1-33-24(31)28-15-19(13-21(28)22(29)26-32)18-7-8-20(25-14-18)23(30)27-11-9-17(10-12-27)16-5-3-2-4-6-16/h2-6,17-21,25,32H,7-15H2,1H3,(H,26,29)/t18?,19-,20+,21+/m1/s1. The van der Waals surface area contributed by atoms with E-state index in [4.69, 9.17) is 9.94 Å². The van der Waals surface area contributed by atoms with Crippen molar-refractivity contribution in [2.24, 2.45) is 11.8 Å². The molecule has 4 atom stereocenters. The lowest BCUT2D eigenvalue weighted by atomic mass is 9.82. The van der Waals surface area contributed by atoms with E-state index in [1.54, 1.807) is 5.48 Å². The summed E-state index contributed by atoms with van der Waals surface area (Å²) in [6, 6.07) is 9.60. The van der Waals surface area contributed by atoms with Crippen molar-refractivity contribution in [1.29, 1.82) is 0 Å². The van der Waals surface area contributed by atoms with Crippen LogP contribution in [0.5, 0.6) is 0 Å². The molecule has 0 spiro atoms. The monoisotopic (exact) mass is 458 g/mol. The zero-order valence-electron chi connectivity index (χ0n) is 19.1. The third-order valence-corrected chi connectivity index (χ3v) is 7.65. The predicted octanol–water partition coefficient (Wildman–Crippen LogP) is 1.72. The molecule has 180 valence electrons. The summed E-state index contributed by atoms with van der Waals surface area (Å²) in [4.78, 5) is 40.6. The molecule has 33 heavy (non-hydrogen) atoms. The summed E-state index contributed by atoms with van der Waals surface area (Å²) in [5, 5.41) is 12.5. The molecular weight excluding hydrogens is 424 g/mol. The van der Waals surface area contributed by atoms with Crippen LogP contribution < -0.4 is 10.8 Å². The van der Waals surface area contributed by atoms with Gasteiger partial charge in [0.2, 0.25) is 5.91 Å². The number of ether oxygens (including phenoxy) is 1. The first-order valence-corrected chi connectivity index (χ1v) is 11.9. The molecule has 0 aliphatic carbocycles. The minimum absolute atomic E-state index is 0.108. The molecule has 3 aliphatic rings. The first-order valence-electron chi connectivity index (χ1n) is 11.9. The van der Waals surface area contributed by atoms with Gasteiger partial charge in [-0.15, -0.1) is 0 Å². The minimum atomic E-state index is -0.738. The highest BCUT2D eigenvalue weighted by molar-refractivity contribution is 5.85. The SMILES string of the molecule is COC(=O)N1C[C@H](C2CC[C@@H](C(=O)N3CCC(c4ccccc4)CC3)NC2)C[C@H]1C(=O)NO. The Morgan fingerprint density at radius 2 is 1.79 bits per heavy atom. The normalized spacial score (nSPS) is 28.4. The highest BCUT2D eigenvalue weighted by Crippen LogP contribution is 2.34. The summed E-state index contributed by atoms with van der Waals surface area (Å²) in [7, 11) is 1.28. The lowest BCUT2D eigenvalue weighted by Crippen LogP contribution is -2.52. The van der Waals surface area contributed by atoms with Crippen molar-refractivity contribution in [1.82, 2.24) is 20.6 Å². The fourth-order valence-electron chi connectivity index (χ4n) is 5.72. The Kier molecular flexibility index (Phi) is 7.49. The number of rotatable bonds is 4. The average molecular weight is 459 g/mol. The number of carbonyl (C=O) groups is 3. The molecule has 0 bridgehead atoms. The molecule has 3 N–H and O–H groups in total. The van der Waals surface area contributed by atoms with Crippen LogP contribution in [0.3, 0.4) is 0 Å². The van der Waals surface area contributed by atoms with Gasteiger partial charge in [-0.3, -0.25) is 19.7 Å². The van der Waals surface area contributed by atoms with E-state index in [2.05, 4.69) is 29.6 Å². The number of piperidine rings is 2. The summed E-state index contributed by atoms with van der Waals surface area (Å²) in [6.07, 6.45) is 3.49. The highest BCUT2D eigenvalue weighted by atomic mass is 16.5. The van der Waals surface area contributed by atoms with E-state index in [0.29, 0.717) is 25.4 Å². The van der Waals surface area contributed by atoms with Gasteiger partial charge < -0.3 is 15.0 Å². The van der Waals surface area contributed by atoms with Gasteiger partial charge in [0.15, 0.2) is 0 Å². The van der Waals surface area contributed by atoms with Gasteiger partial charge >= 0.3 is 6.09 Å². The molecule has 0 aromatic heterocycles. The number of methoxy groups -OCH3 is 1. The van der Waals surface area contributed by atoms with Crippen molar-refractivity contribution in [3.63, 3.8) is 0 Å². The molecule has 9 nitrogen and oxygen atoms in total. The maximum absolute atomic E-state index is 13.1. The van der Waals surface area contributed by atoms with Crippen LogP contribution in [0.25, 0.3) is 0 Å². The van der Waals surface area contributed by atoms with Gasteiger partial charge in [0.25, 0.3) is 5.91 Å². The van der Waals surface area contributed by atoms with Crippen LogP contribution in [-0.4, -0.2) is 78.3 Å². The Labute approximate surface area is 194 Å². The van der Waals surface area contributed by atoms with Crippen molar-refractivity contribution in [3.05, 3.63) is 35.9 Å². The Morgan fingerprint density at radius 3 is 2.39 bits per heavy atom. The first-order chi connectivity index (χ1) is 16.0. The molecule has 3 fully saturated rings. The molecule has 1 aromatic rings. The molecule has 3 amide bonds. The molecule has 4 rings (SSSR count). The maximum Gasteiger partial charge on any atom is 0.410 e. The van der Waals surface area contributed by atoms with E-state index in [1.807, 2.05) is 11.0 Å². The molecule has 3 saturated heterocycles. The van der Waals surface area contributed by atoms with Crippen LogP contribution >= 0.6 is 0 Å². The van der Waals surface area contributed by atoms with Gasteiger partial charge in [-0.2, -0.15) is 0 Å². The number of amides is 3. The third-order valence-electron chi connectivity index (χ3n) is 7.65. The zero-order chi connectivity index (χ0) is 23.4. The second-order valence-corrected chi connectivity index (χ2v) is 9.42. The second-order valence-electron chi connectivity index (χ2n) is 9.42. The van der Waals surface area contributed by atoms with Crippen LogP contribution in [0, 0.1) is 11.8 Å². The number of hydrogen-bond donors (Lipinski definition) is 3. The van der Waals surface area contributed by atoms with Gasteiger partial charge in [0.05, 0.1) is 13.2 Å². The van der Waals surface area contributed by atoms with Crippen LogP contribution in [-0.2, 0) is 14.3 Å². The van der Waals surface area contributed by atoms with Crippen LogP contribution in [0.2, 0.25) is 0 Å². The van der Waals surface area contributed by atoms with E-state index < -0.39 is 18.0 Å². The Bertz CT molecular complexity index is 811. The van der Waals surface area contributed by atoms with Gasteiger partial charge in [0, 0.05) is 19.6 Å². The fourth-order valence-corrected chi connectivity index (χ4v) is 5.72. The van der Waals surface area contributed by atoms with Crippen LogP contribution in [0.1, 0.15) is 43.6 Å². The van der Waals surface area contributed by atoms with Gasteiger partial charge in [0.1, 0.15) is 6.04 Å². The quantitative estimate of drug-likeness (QED) is 0.468. The number of nitrogens with zero attached hydrogens (tertiary/aromatic N) is 2. The van der Waals surface area contributed by atoms with E-state index in [-0.39, 0.29) is 23.8 Å². The van der Waals surface area contributed by atoms with E-state index in [0.717, 1.165) is 38.8 Å². The molecule has 0 radical (unpaired) electrons. The van der Waals surface area contributed by atoms with Crippen molar-refractivity contribution < 1.29 is 24.3 Å². The fraction of sp³-hybridized carbons (Fsp3) is 0.625. The highest BCUT2D eigenvalue weighted by Gasteiger charge is 2.44. The Hall–Kier alpha value is -2.65. The van der Waals surface area contributed by atoms with E-state index >= 15 is 0 Å². The summed E-state index contributed by atoms with van der Waals surface area (Å²) in [5.41, 5.74) is 3.01. The maximum atomic E-state index is 13.1. The van der Waals surface area contributed by atoms with Crippen molar-refractivity contribution >= 4 is 17.9 Å². The number of hydroxylamine groups is 1. The smallest absolute Gasteiger partial charge is 0.410 e. The topological polar surface area (TPSA) is 111 Å².